The number of carbonyl (C=O) groups excluding carboxylic acids is 1. The first kappa shape index (κ1) is 19.5. The number of nitrogens with zero attached hydrogens (tertiary/aromatic N) is 1. The van der Waals surface area contributed by atoms with E-state index in [2.05, 4.69) is 11.4 Å². The van der Waals surface area contributed by atoms with Crippen molar-refractivity contribution in [3.8, 4) is 0 Å². The van der Waals surface area contributed by atoms with Gasteiger partial charge < -0.3 is 5.32 Å². The Morgan fingerprint density at radius 3 is 2.52 bits per heavy atom. The summed E-state index contributed by atoms with van der Waals surface area (Å²) >= 11 is 1.52. The van der Waals surface area contributed by atoms with Crippen LogP contribution >= 0.6 is 11.8 Å². The molecule has 2 aromatic rings. The van der Waals surface area contributed by atoms with Crippen LogP contribution in [-0.4, -0.2) is 38.5 Å². The molecule has 0 fully saturated rings. The summed E-state index contributed by atoms with van der Waals surface area (Å²) in [5, 5.41) is 2.75. The molecule has 0 aliphatic rings. The molecule has 1 N–H and O–H groups in total. The van der Waals surface area contributed by atoms with E-state index in [9.17, 15) is 13.2 Å². The van der Waals surface area contributed by atoms with Gasteiger partial charge in [0.15, 0.2) is 0 Å². The Hall–Kier alpha value is -1.83. The van der Waals surface area contributed by atoms with Gasteiger partial charge in [-0.3, -0.25) is 4.79 Å². The lowest BCUT2D eigenvalue weighted by molar-refractivity contribution is -0.113. The van der Waals surface area contributed by atoms with Crippen LogP contribution in [0.1, 0.15) is 11.1 Å². The lowest BCUT2D eigenvalue weighted by atomic mass is 10.2. The summed E-state index contributed by atoms with van der Waals surface area (Å²) in [7, 11) is -0.566. The van der Waals surface area contributed by atoms with Crippen molar-refractivity contribution >= 4 is 33.4 Å². The van der Waals surface area contributed by atoms with E-state index in [1.807, 2.05) is 25.1 Å². The smallest absolute Gasteiger partial charge is 0.242 e. The van der Waals surface area contributed by atoms with Crippen LogP contribution in [0.2, 0.25) is 0 Å². The first-order valence-corrected chi connectivity index (χ1v) is 10.3. The zero-order chi connectivity index (χ0) is 18.4. The molecule has 0 unspecified atom stereocenters. The predicted molar refractivity (Wildman–Crippen MR) is 103 cm³/mol. The van der Waals surface area contributed by atoms with E-state index in [1.54, 1.807) is 12.1 Å². The third kappa shape index (κ3) is 5.59. The highest BCUT2D eigenvalue weighted by atomic mass is 32.2. The maximum Gasteiger partial charge on any atom is 0.242 e. The first-order valence-electron chi connectivity index (χ1n) is 7.75. The van der Waals surface area contributed by atoms with Crippen LogP contribution in [0.3, 0.4) is 0 Å². The summed E-state index contributed by atoms with van der Waals surface area (Å²) in [6.07, 6.45) is 0. The zero-order valence-electron chi connectivity index (χ0n) is 14.5. The Balaban J connectivity index is 1.92. The first-order chi connectivity index (χ1) is 11.8. The lowest BCUT2D eigenvalue weighted by Gasteiger charge is -2.12. The minimum atomic E-state index is -3.52. The van der Waals surface area contributed by atoms with Gasteiger partial charge in [0.2, 0.25) is 15.9 Å². The molecule has 0 saturated heterocycles. The molecular weight excluding hydrogens is 356 g/mol. The fraction of sp³-hybridized carbons (Fsp3) is 0.278. The van der Waals surface area contributed by atoms with E-state index < -0.39 is 10.0 Å². The topological polar surface area (TPSA) is 66.5 Å². The Bertz CT molecular complexity index is 849. The molecule has 0 spiro atoms. The van der Waals surface area contributed by atoms with Crippen LogP contribution in [0, 0.1) is 6.92 Å². The van der Waals surface area contributed by atoms with Crippen LogP contribution in [0.25, 0.3) is 0 Å². The van der Waals surface area contributed by atoms with Gasteiger partial charge in [-0.25, -0.2) is 12.7 Å². The van der Waals surface area contributed by atoms with Gasteiger partial charge in [0.05, 0.1) is 10.6 Å². The maximum atomic E-state index is 12.1. The Morgan fingerprint density at radius 2 is 1.84 bits per heavy atom. The molecule has 0 aliphatic heterocycles. The molecule has 25 heavy (non-hydrogen) atoms. The summed E-state index contributed by atoms with van der Waals surface area (Å²) < 4.78 is 25.4. The van der Waals surface area contributed by atoms with Crippen LogP contribution in [0.15, 0.2) is 53.4 Å². The van der Waals surface area contributed by atoms with Crippen LogP contribution in [0.4, 0.5) is 5.69 Å². The SMILES string of the molecule is Cc1cccc(CSCC(=O)Nc2cccc(S(=O)(=O)N(C)C)c2)c1. The molecule has 0 bridgehead atoms. The molecule has 7 heteroatoms. The van der Waals surface area contributed by atoms with Crippen molar-refractivity contribution in [3.63, 3.8) is 0 Å². The van der Waals surface area contributed by atoms with Crippen LogP contribution in [-0.2, 0) is 20.6 Å². The summed E-state index contributed by atoms with van der Waals surface area (Å²) in [6.45, 7) is 2.04. The quantitative estimate of drug-likeness (QED) is 0.804. The number of benzene rings is 2. The van der Waals surface area contributed by atoms with Crippen molar-refractivity contribution in [2.45, 2.75) is 17.6 Å². The predicted octanol–water partition coefficient (Wildman–Crippen LogP) is 3.12. The van der Waals surface area contributed by atoms with Gasteiger partial charge in [-0.2, -0.15) is 0 Å². The number of hydrogen-bond donors (Lipinski definition) is 1. The monoisotopic (exact) mass is 378 g/mol. The van der Waals surface area contributed by atoms with E-state index in [0.717, 1.165) is 10.1 Å². The highest BCUT2D eigenvalue weighted by Gasteiger charge is 2.17. The Labute approximate surface area is 153 Å². The molecule has 0 saturated carbocycles. The Kier molecular flexibility index (Phi) is 6.64. The van der Waals surface area contributed by atoms with Gasteiger partial charge in [-0.05, 0) is 30.7 Å². The van der Waals surface area contributed by atoms with Crippen molar-refractivity contribution < 1.29 is 13.2 Å². The molecular formula is C18H22N2O3S2. The molecule has 0 aliphatic carbocycles. The molecule has 0 heterocycles. The Morgan fingerprint density at radius 1 is 1.12 bits per heavy atom. The number of carbonyl (C=O) groups is 1. The van der Waals surface area contributed by atoms with E-state index in [1.165, 1.54) is 49.1 Å². The number of amides is 1. The molecule has 2 rings (SSSR count). The van der Waals surface area contributed by atoms with Gasteiger partial charge >= 0.3 is 0 Å². The second kappa shape index (κ2) is 8.51. The van der Waals surface area contributed by atoms with Crippen molar-refractivity contribution in [2.24, 2.45) is 0 Å². The van der Waals surface area contributed by atoms with Gasteiger partial charge in [0.25, 0.3) is 0 Å². The molecule has 0 radical (unpaired) electrons. The number of hydrogen-bond acceptors (Lipinski definition) is 4. The van der Waals surface area contributed by atoms with E-state index >= 15 is 0 Å². The molecule has 0 atom stereocenters. The molecule has 5 nitrogen and oxygen atoms in total. The lowest BCUT2D eigenvalue weighted by Crippen LogP contribution is -2.22. The van der Waals surface area contributed by atoms with E-state index in [-0.39, 0.29) is 10.8 Å². The minimum Gasteiger partial charge on any atom is -0.325 e. The van der Waals surface area contributed by atoms with Crippen LogP contribution < -0.4 is 5.32 Å². The van der Waals surface area contributed by atoms with Gasteiger partial charge in [-0.15, -0.1) is 11.8 Å². The van der Waals surface area contributed by atoms with E-state index in [0.29, 0.717) is 11.4 Å². The average molecular weight is 379 g/mol. The van der Waals surface area contributed by atoms with Crippen LogP contribution in [0.5, 0.6) is 0 Å². The fourth-order valence-corrected chi connectivity index (χ4v) is 3.93. The summed E-state index contributed by atoms with van der Waals surface area (Å²) in [5.74, 6) is 0.903. The number of sulfonamides is 1. The fourth-order valence-electron chi connectivity index (χ4n) is 2.21. The van der Waals surface area contributed by atoms with Crippen molar-refractivity contribution in [1.82, 2.24) is 4.31 Å². The van der Waals surface area contributed by atoms with Crippen molar-refractivity contribution in [2.75, 3.05) is 25.2 Å². The molecule has 1 amide bonds. The number of rotatable bonds is 7. The normalized spacial score (nSPS) is 11.5. The highest BCUT2D eigenvalue weighted by Crippen LogP contribution is 2.19. The summed E-state index contributed by atoms with van der Waals surface area (Å²) in [5.41, 5.74) is 2.85. The molecule has 0 aromatic heterocycles. The third-order valence-electron chi connectivity index (χ3n) is 3.48. The maximum absolute atomic E-state index is 12.1. The van der Waals surface area contributed by atoms with Gasteiger partial charge in [-0.1, -0.05) is 35.9 Å². The van der Waals surface area contributed by atoms with Gasteiger partial charge in [0, 0.05) is 25.5 Å². The van der Waals surface area contributed by atoms with E-state index in [4.69, 9.17) is 0 Å². The largest absolute Gasteiger partial charge is 0.325 e. The number of thioether (sulfide) groups is 1. The zero-order valence-corrected chi connectivity index (χ0v) is 16.2. The second-order valence-electron chi connectivity index (χ2n) is 5.85. The number of anilines is 1. The summed E-state index contributed by atoms with van der Waals surface area (Å²) in [6, 6.07) is 14.4. The van der Waals surface area contributed by atoms with Crippen molar-refractivity contribution in [3.05, 3.63) is 59.7 Å². The number of aryl methyl sites for hydroxylation is 1. The third-order valence-corrected chi connectivity index (χ3v) is 6.30. The standard InChI is InChI=1S/C18H22N2O3S2/c1-14-6-4-7-15(10-14)12-24-13-18(21)19-16-8-5-9-17(11-16)25(22,23)20(2)3/h4-11H,12-13H2,1-3H3,(H,19,21). The summed E-state index contributed by atoms with van der Waals surface area (Å²) in [4.78, 5) is 12.2. The second-order valence-corrected chi connectivity index (χ2v) is 8.98. The van der Waals surface area contributed by atoms with Gasteiger partial charge in [0.1, 0.15) is 0 Å². The number of nitrogens with one attached hydrogen (secondary N) is 1. The van der Waals surface area contributed by atoms with Crippen molar-refractivity contribution in [1.29, 1.82) is 0 Å². The average Bonchev–Trinajstić information content (AvgIpc) is 2.55. The highest BCUT2D eigenvalue weighted by molar-refractivity contribution is 7.99. The molecule has 2 aromatic carbocycles. The molecule has 134 valence electrons. The minimum absolute atomic E-state index is 0.155.